The van der Waals surface area contributed by atoms with Crippen molar-refractivity contribution in [1.29, 1.82) is 0 Å². The van der Waals surface area contributed by atoms with Crippen LogP contribution in [-0.2, 0) is 6.42 Å². The Morgan fingerprint density at radius 1 is 1.50 bits per heavy atom. The molecule has 0 bridgehead atoms. The second-order valence-corrected chi connectivity index (χ2v) is 4.05. The van der Waals surface area contributed by atoms with Crippen molar-refractivity contribution >= 4 is 0 Å². The fraction of sp³-hybridized carbons (Fsp3) is 0.500. The Bertz CT molecular complexity index is 309. The number of aliphatic hydroxyl groups is 1. The van der Waals surface area contributed by atoms with Gasteiger partial charge in [0.25, 0.3) is 0 Å². The van der Waals surface area contributed by atoms with E-state index in [0.717, 1.165) is 12.8 Å². The largest absolute Gasteiger partial charge is 0.392 e. The summed E-state index contributed by atoms with van der Waals surface area (Å²) in [5.74, 6) is 0. The topological polar surface area (TPSA) is 32.3 Å². The summed E-state index contributed by atoms with van der Waals surface area (Å²) in [5.41, 5.74) is 2.86. The van der Waals surface area contributed by atoms with Gasteiger partial charge in [-0.15, -0.1) is 0 Å². The molecule has 2 N–H and O–H groups in total. The molecule has 1 aromatic rings. The number of nitrogens with one attached hydrogen (secondary N) is 1. The summed E-state index contributed by atoms with van der Waals surface area (Å²) in [4.78, 5) is 0. The lowest BCUT2D eigenvalue weighted by molar-refractivity contribution is 0.186. The Labute approximate surface area is 85.0 Å². The minimum atomic E-state index is -0.261. The third kappa shape index (κ3) is 1.97. The molecule has 0 aromatic heterocycles. The molecule has 0 heterocycles. The first-order chi connectivity index (χ1) is 6.77. The van der Waals surface area contributed by atoms with Crippen LogP contribution in [0.4, 0.5) is 0 Å². The number of hydrogen-bond acceptors (Lipinski definition) is 2. The molecule has 2 nitrogen and oxygen atoms in total. The van der Waals surface area contributed by atoms with Gasteiger partial charge in [0.1, 0.15) is 0 Å². The van der Waals surface area contributed by atoms with Gasteiger partial charge in [-0.3, -0.25) is 0 Å². The van der Waals surface area contributed by atoms with E-state index in [4.69, 9.17) is 0 Å². The molecule has 0 saturated heterocycles. The zero-order chi connectivity index (χ0) is 9.97. The lowest BCUT2D eigenvalue weighted by atomic mass is 10.1. The fourth-order valence-corrected chi connectivity index (χ4v) is 2.08. The highest BCUT2D eigenvalue weighted by Gasteiger charge is 2.21. The van der Waals surface area contributed by atoms with E-state index in [2.05, 4.69) is 29.6 Å². The monoisotopic (exact) mass is 191 g/mol. The minimum Gasteiger partial charge on any atom is -0.392 e. The normalized spacial score (nSPS) is 22.0. The zero-order valence-corrected chi connectivity index (χ0v) is 8.53. The van der Waals surface area contributed by atoms with E-state index in [1.807, 2.05) is 6.92 Å². The van der Waals surface area contributed by atoms with Crippen molar-refractivity contribution in [2.24, 2.45) is 0 Å². The molecule has 0 radical (unpaired) electrons. The minimum absolute atomic E-state index is 0.261. The van der Waals surface area contributed by atoms with Crippen LogP contribution < -0.4 is 5.32 Å². The van der Waals surface area contributed by atoms with Crippen LogP contribution >= 0.6 is 0 Å². The molecule has 0 saturated carbocycles. The van der Waals surface area contributed by atoms with Crippen molar-refractivity contribution in [2.75, 3.05) is 6.54 Å². The highest BCUT2D eigenvalue weighted by Crippen LogP contribution is 2.30. The fourth-order valence-electron chi connectivity index (χ4n) is 2.08. The van der Waals surface area contributed by atoms with Crippen LogP contribution in [0.2, 0.25) is 0 Å². The van der Waals surface area contributed by atoms with Gasteiger partial charge in [0.15, 0.2) is 0 Å². The summed E-state index contributed by atoms with van der Waals surface area (Å²) in [5, 5.41) is 12.6. The molecular formula is C12H17NO. The van der Waals surface area contributed by atoms with Crippen LogP contribution in [0.25, 0.3) is 0 Å². The van der Waals surface area contributed by atoms with Crippen LogP contribution in [-0.4, -0.2) is 17.8 Å². The van der Waals surface area contributed by atoms with E-state index in [1.54, 1.807) is 0 Å². The van der Waals surface area contributed by atoms with E-state index in [1.165, 1.54) is 11.1 Å². The molecule has 76 valence electrons. The molecule has 1 aromatic carbocycles. The Morgan fingerprint density at radius 3 is 3.07 bits per heavy atom. The summed E-state index contributed by atoms with van der Waals surface area (Å²) in [7, 11) is 0. The highest BCUT2D eigenvalue weighted by atomic mass is 16.3. The van der Waals surface area contributed by atoms with Crippen LogP contribution in [0.1, 0.15) is 30.5 Å². The van der Waals surface area contributed by atoms with Crippen molar-refractivity contribution in [3.8, 4) is 0 Å². The Balaban J connectivity index is 2.03. The van der Waals surface area contributed by atoms with Gasteiger partial charge in [0.05, 0.1) is 6.10 Å². The first kappa shape index (κ1) is 9.69. The Morgan fingerprint density at radius 2 is 2.29 bits per heavy atom. The van der Waals surface area contributed by atoms with Gasteiger partial charge < -0.3 is 10.4 Å². The quantitative estimate of drug-likeness (QED) is 0.761. The third-order valence-corrected chi connectivity index (χ3v) is 2.79. The average molecular weight is 191 g/mol. The third-order valence-electron chi connectivity index (χ3n) is 2.79. The van der Waals surface area contributed by atoms with Crippen LogP contribution in [0.3, 0.4) is 0 Å². The Hall–Kier alpha value is -0.860. The molecule has 0 unspecified atom stereocenters. The van der Waals surface area contributed by atoms with Gasteiger partial charge in [-0.1, -0.05) is 24.3 Å². The highest BCUT2D eigenvalue weighted by molar-refractivity contribution is 5.34. The maximum atomic E-state index is 9.20. The number of aryl methyl sites for hydroxylation is 1. The maximum Gasteiger partial charge on any atom is 0.0636 e. The molecule has 0 amide bonds. The number of hydrogen-bond donors (Lipinski definition) is 2. The van der Waals surface area contributed by atoms with Gasteiger partial charge in [-0.25, -0.2) is 0 Å². The predicted octanol–water partition coefficient (Wildman–Crippen LogP) is 1.64. The molecule has 0 spiro atoms. The van der Waals surface area contributed by atoms with Crippen molar-refractivity contribution in [1.82, 2.24) is 5.32 Å². The summed E-state index contributed by atoms with van der Waals surface area (Å²) in [6.45, 7) is 2.49. The molecule has 1 aliphatic carbocycles. The van der Waals surface area contributed by atoms with Gasteiger partial charge in [-0.2, -0.15) is 0 Å². The van der Waals surface area contributed by atoms with Crippen LogP contribution in [0, 0.1) is 0 Å². The molecular weight excluding hydrogens is 174 g/mol. The van der Waals surface area contributed by atoms with E-state index < -0.39 is 0 Å². The van der Waals surface area contributed by atoms with E-state index in [-0.39, 0.29) is 6.10 Å². The molecule has 2 rings (SSSR count). The van der Waals surface area contributed by atoms with Crippen molar-refractivity contribution in [3.63, 3.8) is 0 Å². The van der Waals surface area contributed by atoms with Gasteiger partial charge in [0, 0.05) is 12.6 Å². The van der Waals surface area contributed by atoms with Crippen LogP contribution in [0.15, 0.2) is 24.3 Å². The number of rotatable bonds is 3. The second kappa shape index (κ2) is 4.11. The van der Waals surface area contributed by atoms with Gasteiger partial charge in [-0.05, 0) is 30.9 Å². The van der Waals surface area contributed by atoms with Gasteiger partial charge in [0.2, 0.25) is 0 Å². The van der Waals surface area contributed by atoms with Crippen molar-refractivity contribution in [2.45, 2.75) is 31.9 Å². The number of fused-ring (bicyclic) bond motifs is 1. The molecule has 2 heteroatoms. The van der Waals surface area contributed by atoms with E-state index in [9.17, 15) is 5.11 Å². The predicted molar refractivity (Wildman–Crippen MR) is 57.2 cm³/mol. The molecule has 1 aliphatic rings. The average Bonchev–Trinajstić information content (AvgIpc) is 2.58. The summed E-state index contributed by atoms with van der Waals surface area (Å²) in [6, 6.07) is 9.00. The molecule has 0 fully saturated rings. The lowest BCUT2D eigenvalue weighted by Crippen LogP contribution is -2.27. The van der Waals surface area contributed by atoms with Crippen molar-refractivity contribution < 1.29 is 5.11 Å². The van der Waals surface area contributed by atoms with E-state index in [0.29, 0.717) is 12.6 Å². The summed E-state index contributed by atoms with van der Waals surface area (Å²) < 4.78 is 0. The molecule has 2 atom stereocenters. The van der Waals surface area contributed by atoms with Crippen molar-refractivity contribution in [3.05, 3.63) is 35.4 Å². The number of aliphatic hydroxyl groups excluding tert-OH is 1. The smallest absolute Gasteiger partial charge is 0.0636 e. The second-order valence-electron chi connectivity index (χ2n) is 4.05. The molecule has 0 aliphatic heterocycles. The van der Waals surface area contributed by atoms with Crippen LogP contribution in [0.5, 0.6) is 0 Å². The first-order valence-electron chi connectivity index (χ1n) is 5.26. The lowest BCUT2D eigenvalue weighted by Gasteiger charge is -2.15. The first-order valence-corrected chi connectivity index (χ1v) is 5.26. The van der Waals surface area contributed by atoms with Gasteiger partial charge >= 0.3 is 0 Å². The summed E-state index contributed by atoms with van der Waals surface area (Å²) in [6.07, 6.45) is 2.06. The summed E-state index contributed by atoms with van der Waals surface area (Å²) >= 11 is 0. The van der Waals surface area contributed by atoms with E-state index >= 15 is 0 Å². The number of benzene rings is 1. The SMILES string of the molecule is C[C@@H](O)CN[C@H]1CCc2ccccc21. The zero-order valence-electron chi connectivity index (χ0n) is 8.53. The standard InChI is InChI=1S/C12H17NO/c1-9(14)8-13-12-7-6-10-4-2-3-5-11(10)12/h2-5,9,12-14H,6-8H2,1H3/t9-,12+/m1/s1. The maximum absolute atomic E-state index is 9.20. The Kier molecular flexibility index (Phi) is 2.85. The molecule has 14 heavy (non-hydrogen) atoms.